The van der Waals surface area contributed by atoms with E-state index in [4.69, 9.17) is 9.47 Å². The molecule has 1 amide bonds. The van der Waals surface area contributed by atoms with E-state index >= 15 is 0 Å². The fraction of sp³-hybridized carbons (Fsp3) is 0.278. The molecule has 0 saturated carbocycles. The van der Waals surface area contributed by atoms with Crippen molar-refractivity contribution < 1.29 is 14.3 Å². The first kappa shape index (κ1) is 16.7. The van der Waals surface area contributed by atoms with Gasteiger partial charge in [-0.15, -0.1) is 11.8 Å². The van der Waals surface area contributed by atoms with Crippen LogP contribution in [0.3, 0.4) is 0 Å². The van der Waals surface area contributed by atoms with Crippen LogP contribution in [-0.4, -0.2) is 39.6 Å². The van der Waals surface area contributed by atoms with Gasteiger partial charge < -0.3 is 14.8 Å². The van der Waals surface area contributed by atoms with E-state index in [1.54, 1.807) is 10.9 Å². The van der Waals surface area contributed by atoms with Gasteiger partial charge in [0, 0.05) is 17.3 Å². The molecule has 4 rings (SSSR count). The van der Waals surface area contributed by atoms with Crippen molar-refractivity contribution in [2.75, 3.05) is 24.3 Å². The minimum Gasteiger partial charge on any atom is -0.486 e. The summed E-state index contributed by atoms with van der Waals surface area (Å²) in [7, 11) is 1.85. The standard InChI is InChI=1S/C18H18N4O3S/c1-11-14-7-12(9-19-18(14)22(2)21-11)20-17(23)10-26-13-3-4-15-16(8-13)25-6-5-24-15/h3-4,7-9H,5-6,10H2,1-2H3,(H,20,23). The smallest absolute Gasteiger partial charge is 0.234 e. The zero-order valence-electron chi connectivity index (χ0n) is 14.5. The molecule has 1 aliphatic rings. The summed E-state index contributed by atoms with van der Waals surface area (Å²) in [5.41, 5.74) is 2.35. The highest BCUT2D eigenvalue weighted by atomic mass is 32.2. The Morgan fingerprint density at radius 2 is 2.08 bits per heavy atom. The molecule has 0 radical (unpaired) electrons. The third-order valence-electron chi connectivity index (χ3n) is 4.03. The molecule has 8 heteroatoms. The zero-order chi connectivity index (χ0) is 18.1. The minimum atomic E-state index is -0.0902. The Bertz CT molecular complexity index is 986. The third-order valence-corrected chi connectivity index (χ3v) is 5.02. The number of amides is 1. The van der Waals surface area contributed by atoms with Gasteiger partial charge in [-0.25, -0.2) is 4.98 Å². The first-order valence-corrected chi connectivity index (χ1v) is 9.20. The number of rotatable bonds is 4. The maximum Gasteiger partial charge on any atom is 0.234 e. The molecule has 0 unspecified atom stereocenters. The van der Waals surface area contributed by atoms with Crippen LogP contribution in [0.1, 0.15) is 5.69 Å². The number of anilines is 1. The van der Waals surface area contributed by atoms with Gasteiger partial charge in [-0.3, -0.25) is 9.48 Å². The largest absolute Gasteiger partial charge is 0.486 e. The van der Waals surface area contributed by atoms with Crippen molar-refractivity contribution in [1.82, 2.24) is 14.8 Å². The third kappa shape index (κ3) is 3.32. The molecule has 7 nitrogen and oxygen atoms in total. The van der Waals surface area contributed by atoms with Crippen LogP contribution in [0.25, 0.3) is 11.0 Å². The highest BCUT2D eigenvalue weighted by Crippen LogP contribution is 2.34. The predicted octanol–water partition coefficient (Wildman–Crippen LogP) is 2.78. The molecule has 0 fully saturated rings. The van der Waals surface area contributed by atoms with E-state index in [2.05, 4.69) is 15.4 Å². The SMILES string of the molecule is Cc1nn(C)c2ncc(NC(=O)CSc3ccc4c(c3)OCCO4)cc12. The molecule has 0 aliphatic carbocycles. The van der Waals surface area contributed by atoms with Gasteiger partial charge in [-0.1, -0.05) is 0 Å². The molecule has 1 aromatic carbocycles. The number of nitrogens with one attached hydrogen (secondary N) is 1. The fourth-order valence-electron chi connectivity index (χ4n) is 2.84. The average molecular weight is 370 g/mol. The van der Waals surface area contributed by atoms with Crippen molar-refractivity contribution in [1.29, 1.82) is 0 Å². The number of fused-ring (bicyclic) bond motifs is 2. The van der Waals surface area contributed by atoms with Crippen LogP contribution in [0, 0.1) is 6.92 Å². The summed E-state index contributed by atoms with van der Waals surface area (Å²) in [5.74, 6) is 1.68. The van der Waals surface area contributed by atoms with Crippen LogP contribution in [0.2, 0.25) is 0 Å². The first-order chi connectivity index (χ1) is 12.6. The summed E-state index contributed by atoms with van der Waals surface area (Å²) >= 11 is 1.45. The summed E-state index contributed by atoms with van der Waals surface area (Å²) in [6.45, 7) is 3.04. The highest BCUT2D eigenvalue weighted by molar-refractivity contribution is 8.00. The summed E-state index contributed by atoms with van der Waals surface area (Å²) in [5, 5.41) is 8.16. The maximum atomic E-state index is 12.3. The Balaban J connectivity index is 1.40. The number of thioether (sulfide) groups is 1. The van der Waals surface area contributed by atoms with Gasteiger partial charge in [0.15, 0.2) is 17.1 Å². The van der Waals surface area contributed by atoms with Crippen molar-refractivity contribution in [3.8, 4) is 11.5 Å². The summed E-state index contributed by atoms with van der Waals surface area (Å²) in [4.78, 5) is 17.6. The lowest BCUT2D eigenvalue weighted by atomic mass is 10.2. The number of aryl methyl sites for hydroxylation is 2. The number of ether oxygens (including phenoxy) is 2. The van der Waals surface area contributed by atoms with Gasteiger partial charge in [-0.05, 0) is 31.2 Å². The van der Waals surface area contributed by atoms with E-state index in [9.17, 15) is 4.79 Å². The van der Waals surface area contributed by atoms with E-state index in [0.717, 1.165) is 33.1 Å². The fourth-order valence-corrected chi connectivity index (χ4v) is 3.56. The van der Waals surface area contributed by atoms with Gasteiger partial charge in [0.25, 0.3) is 0 Å². The molecule has 0 atom stereocenters. The molecule has 0 bridgehead atoms. The molecule has 3 heterocycles. The molecule has 1 N–H and O–H groups in total. The minimum absolute atomic E-state index is 0.0902. The Morgan fingerprint density at radius 3 is 2.92 bits per heavy atom. The Kier molecular flexibility index (Phi) is 4.42. The number of carbonyl (C=O) groups excluding carboxylic acids is 1. The molecule has 0 spiro atoms. The number of hydrogen-bond donors (Lipinski definition) is 1. The number of pyridine rings is 1. The Morgan fingerprint density at radius 1 is 1.27 bits per heavy atom. The quantitative estimate of drug-likeness (QED) is 0.712. The van der Waals surface area contributed by atoms with E-state index in [1.807, 2.05) is 38.2 Å². The van der Waals surface area contributed by atoms with Crippen molar-refractivity contribution in [3.05, 3.63) is 36.2 Å². The van der Waals surface area contributed by atoms with Crippen molar-refractivity contribution in [2.45, 2.75) is 11.8 Å². The van der Waals surface area contributed by atoms with Crippen molar-refractivity contribution in [3.63, 3.8) is 0 Å². The normalized spacial score (nSPS) is 13.0. The van der Waals surface area contributed by atoms with E-state index in [-0.39, 0.29) is 5.91 Å². The predicted molar refractivity (Wildman–Crippen MR) is 100 cm³/mol. The molecule has 0 saturated heterocycles. The van der Waals surface area contributed by atoms with Crippen molar-refractivity contribution in [2.24, 2.45) is 7.05 Å². The average Bonchev–Trinajstić information content (AvgIpc) is 2.93. The molecular weight excluding hydrogens is 352 g/mol. The number of nitrogens with zero attached hydrogens (tertiary/aromatic N) is 3. The Labute approximate surface area is 154 Å². The molecular formula is C18H18N4O3S. The van der Waals surface area contributed by atoms with Crippen LogP contribution in [-0.2, 0) is 11.8 Å². The van der Waals surface area contributed by atoms with Crippen molar-refractivity contribution >= 4 is 34.4 Å². The number of carbonyl (C=O) groups is 1. The second-order valence-corrected chi connectivity index (χ2v) is 7.00. The summed E-state index contributed by atoms with van der Waals surface area (Å²) in [6.07, 6.45) is 1.65. The van der Waals surface area contributed by atoms with Gasteiger partial charge >= 0.3 is 0 Å². The summed E-state index contributed by atoms with van der Waals surface area (Å²) in [6, 6.07) is 7.60. The van der Waals surface area contributed by atoms with Crippen LogP contribution >= 0.6 is 11.8 Å². The van der Waals surface area contributed by atoms with Crippen LogP contribution in [0.15, 0.2) is 35.4 Å². The maximum absolute atomic E-state index is 12.3. The number of hydrogen-bond acceptors (Lipinski definition) is 6. The van der Waals surface area contributed by atoms with E-state index < -0.39 is 0 Å². The molecule has 134 valence electrons. The van der Waals surface area contributed by atoms with Gasteiger partial charge in [0.2, 0.25) is 5.91 Å². The van der Waals surface area contributed by atoms with E-state index in [1.165, 1.54) is 11.8 Å². The monoisotopic (exact) mass is 370 g/mol. The zero-order valence-corrected chi connectivity index (χ0v) is 15.3. The summed E-state index contributed by atoms with van der Waals surface area (Å²) < 4.78 is 12.8. The van der Waals surface area contributed by atoms with Crippen LogP contribution < -0.4 is 14.8 Å². The number of benzene rings is 1. The van der Waals surface area contributed by atoms with Crippen LogP contribution in [0.4, 0.5) is 5.69 Å². The first-order valence-electron chi connectivity index (χ1n) is 8.22. The van der Waals surface area contributed by atoms with Gasteiger partial charge in [-0.2, -0.15) is 5.10 Å². The number of aromatic nitrogens is 3. The molecule has 3 aromatic rings. The lowest BCUT2D eigenvalue weighted by molar-refractivity contribution is -0.113. The molecule has 26 heavy (non-hydrogen) atoms. The lowest BCUT2D eigenvalue weighted by Crippen LogP contribution is -2.15. The van der Waals surface area contributed by atoms with Gasteiger partial charge in [0.1, 0.15) is 13.2 Å². The second kappa shape index (κ2) is 6.87. The molecule has 1 aliphatic heterocycles. The van der Waals surface area contributed by atoms with Gasteiger partial charge in [0.05, 0.1) is 23.3 Å². The van der Waals surface area contributed by atoms with E-state index in [0.29, 0.717) is 24.7 Å². The van der Waals surface area contributed by atoms with Crippen LogP contribution in [0.5, 0.6) is 11.5 Å². The highest BCUT2D eigenvalue weighted by Gasteiger charge is 2.13. The second-order valence-electron chi connectivity index (χ2n) is 5.95. The Hall–Kier alpha value is -2.74. The topological polar surface area (TPSA) is 78.3 Å². The molecule has 2 aromatic heterocycles. The lowest BCUT2D eigenvalue weighted by Gasteiger charge is -2.18.